The molecule has 1 fully saturated rings. The Bertz CT molecular complexity index is 1990. The number of nitrogens with one attached hydrogen (secondary N) is 1. The van der Waals surface area contributed by atoms with Gasteiger partial charge in [0.1, 0.15) is 35.5 Å². The molecule has 234 valence electrons. The van der Waals surface area contributed by atoms with E-state index in [1.54, 1.807) is 42.3 Å². The maximum atomic E-state index is 14.7. The van der Waals surface area contributed by atoms with Gasteiger partial charge in [0.05, 0.1) is 28.8 Å². The Hall–Kier alpha value is -5.73. The predicted octanol–water partition coefficient (Wildman–Crippen LogP) is 4.36. The number of fused-ring (bicyclic) bond motifs is 7. The number of amides is 1. The zero-order chi connectivity index (χ0) is 31.9. The van der Waals surface area contributed by atoms with Crippen LogP contribution in [0.4, 0.5) is 26.1 Å². The number of ether oxygens (including phenoxy) is 1. The Labute approximate surface area is 260 Å². The molecule has 7 rings (SSSR count). The van der Waals surface area contributed by atoms with Crippen molar-refractivity contribution in [1.29, 1.82) is 0 Å². The number of para-hydroxylation sites is 1. The molecule has 1 saturated heterocycles. The number of aromatic nitrogens is 5. The standard InChI is InChI=1S/C31H27F2N9O4/c1-39-11-4-12-46-28-20(5-2-7-25(28)42(44)45)23-6-3-8-27(38-23)37-19-14-26(31(39)43)40(16-19)29-21-15-36-41(30(21)35-17-34-29)24-10-9-18(32)13-22(24)33/h2-3,5-10,13,15,17,19,26H,4,11-12,14,16H2,1H3,(H,37,38)/t19-,26-/m0/s1. The highest BCUT2D eigenvalue weighted by molar-refractivity contribution is 5.92. The van der Waals surface area contributed by atoms with Crippen molar-refractivity contribution in [3.05, 3.63) is 88.9 Å². The van der Waals surface area contributed by atoms with Crippen LogP contribution in [0.3, 0.4) is 0 Å². The molecule has 0 aliphatic carbocycles. The van der Waals surface area contributed by atoms with Crippen molar-refractivity contribution in [2.24, 2.45) is 0 Å². The van der Waals surface area contributed by atoms with E-state index in [1.165, 1.54) is 29.3 Å². The monoisotopic (exact) mass is 627 g/mol. The van der Waals surface area contributed by atoms with Gasteiger partial charge < -0.3 is 19.9 Å². The summed E-state index contributed by atoms with van der Waals surface area (Å²) in [6.07, 6.45) is 3.67. The number of nitro groups is 1. The van der Waals surface area contributed by atoms with Gasteiger partial charge in [0.15, 0.2) is 11.5 Å². The Morgan fingerprint density at radius 1 is 1.11 bits per heavy atom. The van der Waals surface area contributed by atoms with Crippen LogP contribution in [0.25, 0.3) is 28.0 Å². The van der Waals surface area contributed by atoms with Gasteiger partial charge in [-0.25, -0.2) is 28.4 Å². The van der Waals surface area contributed by atoms with Crippen LogP contribution >= 0.6 is 0 Å². The van der Waals surface area contributed by atoms with E-state index < -0.39 is 22.6 Å². The van der Waals surface area contributed by atoms with Crippen LogP contribution in [0.15, 0.2) is 67.1 Å². The molecule has 0 radical (unpaired) electrons. The van der Waals surface area contributed by atoms with Crippen molar-refractivity contribution in [3.8, 4) is 22.7 Å². The summed E-state index contributed by atoms with van der Waals surface area (Å²) < 4.78 is 35.5. The molecule has 2 aliphatic heterocycles. The highest BCUT2D eigenvalue weighted by atomic mass is 19.1. The first-order valence-electron chi connectivity index (χ1n) is 14.6. The van der Waals surface area contributed by atoms with Crippen LogP contribution in [0.2, 0.25) is 0 Å². The number of carbonyl (C=O) groups excluding carboxylic acids is 1. The molecule has 2 atom stereocenters. The molecule has 46 heavy (non-hydrogen) atoms. The molecule has 5 heterocycles. The first kappa shape index (κ1) is 29.0. The summed E-state index contributed by atoms with van der Waals surface area (Å²) in [6, 6.07) is 12.4. The fourth-order valence-corrected chi connectivity index (χ4v) is 6.04. The van der Waals surface area contributed by atoms with Gasteiger partial charge in [-0.15, -0.1) is 0 Å². The minimum Gasteiger partial charge on any atom is -0.486 e. The van der Waals surface area contributed by atoms with Crippen molar-refractivity contribution in [1.82, 2.24) is 29.6 Å². The quantitative estimate of drug-likeness (QED) is 0.226. The lowest BCUT2D eigenvalue weighted by molar-refractivity contribution is -0.385. The van der Waals surface area contributed by atoms with Crippen LogP contribution in [0, 0.1) is 21.7 Å². The Morgan fingerprint density at radius 3 is 2.78 bits per heavy atom. The maximum absolute atomic E-state index is 14.7. The third kappa shape index (κ3) is 5.18. The maximum Gasteiger partial charge on any atom is 0.311 e. The molecule has 2 aromatic carbocycles. The second-order valence-electron chi connectivity index (χ2n) is 11.1. The van der Waals surface area contributed by atoms with Gasteiger partial charge in [0, 0.05) is 43.9 Å². The number of hydrogen-bond donors (Lipinski definition) is 1. The molecule has 5 aromatic rings. The Morgan fingerprint density at radius 2 is 1.96 bits per heavy atom. The fraction of sp³-hybridized carbons (Fsp3) is 0.258. The molecular weight excluding hydrogens is 600 g/mol. The first-order valence-corrected chi connectivity index (χ1v) is 14.6. The van der Waals surface area contributed by atoms with E-state index in [1.807, 2.05) is 4.90 Å². The van der Waals surface area contributed by atoms with Gasteiger partial charge >= 0.3 is 5.69 Å². The van der Waals surface area contributed by atoms with Gasteiger partial charge in [0.2, 0.25) is 11.7 Å². The number of rotatable bonds is 3. The third-order valence-corrected chi connectivity index (χ3v) is 8.17. The first-order chi connectivity index (χ1) is 22.3. The summed E-state index contributed by atoms with van der Waals surface area (Å²) in [5.41, 5.74) is 1.14. The lowest BCUT2D eigenvalue weighted by Gasteiger charge is -2.28. The number of halogens is 2. The van der Waals surface area contributed by atoms with Gasteiger partial charge in [-0.2, -0.15) is 5.10 Å². The van der Waals surface area contributed by atoms with Crippen LogP contribution in [0.1, 0.15) is 12.8 Å². The summed E-state index contributed by atoms with van der Waals surface area (Å²) in [4.78, 5) is 42.4. The summed E-state index contributed by atoms with van der Waals surface area (Å²) >= 11 is 0. The highest BCUT2D eigenvalue weighted by Gasteiger charge is 2.40. The largest absolute Gasteiger partial charge is 0.486 e. The predicted molar refractivity (Wildman–Crippen MR) is 164 cm³/mol. The molecule has 1 N–H and O–H groups in total. The summed E-state index contributed by atoms with van der Waals surface area (Å²) in [7, 11) is 1.70. The van der Waals surface area contributed by atoms with Crippen LogP contribution in [-0.2, 0) is 4.79 Å². The van der Waals surface area contributed by atoms with Crippen LogP contribution in [-0.4, -0.2) is 79.3 Å². The summed E-state index contributed by atoms with van der Waals surface area (Å²) in [6.45, 7) is 0.837. The molecule has 13 nitrogen and oxygen atoms in total. The number of nitrogens with zero attached hydrogens (tertiary/aromatic N) is 8. The minimum atomic E-state index is -0.797. The molecule has 2 aliphatic rings. The highest BCUT2D eigenvalue weighted by Crippen LogP contribution is 2.38. The molecule has 0 unspecified atom stereocenters. The zero-order valence-corrected chi connectivity index (χ0v) is 24.5. The molecule has 15 heteroatoms. The van der Waals surface area contributed by atoms with Gasteiger partial charge in [-0.3, -0.25) is 14.9 Å². The second kappa shape index (κ2) is 11.6. The smallest absolute Gasteiger partial charge is 0.311 e. The van der Waals surface area contributed by atoms with E-state index in [-0.39, 0.29) is 35.7 Å². The van der Waals surface area contributed by atoms with Crippen molar-refractivity contribution in [2.75, 3.05) is 37.0 Å². The normalized spacial score (nSPS) is 18.4. The molecule has 0 saturated carbocycles. The van der Waals surface area contributed by atoms with Crippen LogP contribution in [0.5, 0.6) is 5.75 Å². The van der Waals surface area contributed by atoms with Gasteiger partial charge in [-0.05, 0) is 43.2 Å². The van der Waals surface area contributed by atoms with Gasteiger partial charge in [0.25, 0.3) is 0 Å². The number of likely N-dealkylation sites (N-methyl/N-ethyl adjacent to an activating group) is 1. The third-order valence-electron chi connectivity index (χ3n) is 8.17. The van der Waals surface area contributed by atoms with E-state index in [4.69, 9.17) is 9.72 Å². The van der Waals surface area contributed by atoms with Crippen molar-refractivity contribution in [3.63, 3.8) is 0 Å². The van der Waals surface area contributed by atoms with Crippen LogP contribution < -0.4 is 15.0 Å². The molecule has 3 aromatic heterocycles. The van der Waals surface area contributed by atoms with Gasteiger partial charge in [-0.1, -0.05) is 12.1 Å². The molecule has 4 bridgehead atoms. The Balaban J connectivity index is 1.27. The number of benzene rings is 2. The van der Waals surface area contributed by atoms with Crippen molar-refractivity contribution in [2.45, 2.75) is 24.9 Å². The number of hydrogen-bond acceptors (Lipinski definition) is 10. The topological polar surface area (TPSA) is 144 Å². The number of anilines is 2. The second-order valence-corrected chi connectivity index (χ2v) is 11.1. The Kier molecular flexibility index (Phi) is 7.34. The van der Waals surface area contributed by atoms with E-state index in [2.05, 4.69) is 20.4 Å². The van der Waals surface area contributed by atoms with E-state index >= 15 is 0 Å². The van der Waals surface area contributed by atoms with E-state index in [0.717, 1.165) is 12.1 Å². The van der Waals surface area contributed by atoms with Crippen molar-refractivity contribution >= 4 is 34.3 Å². The molecule has 1 amide bonds. The average Bonchev–Trinajstić information content (AvgIpc) is 3.67. The fourth-order valence-electron chi connectivity index (χ4n) is 6.04. The number of carbonyl (C=O) groups is 1. The van der Waals surface area contributed by atoms with E-state index in [0.29, 0.717) is 59.9 Å². The minimum absolute atomic E-state index is 0.0240. The average molecular weight is 628 g/mol. The lowest BCUT2D eigenvalue weighted by atomic mass is 10.1. The van der Waals surface area contributed by atoms with Crippen molar-refractivity contribution < 1.29 is 23.2 Å². The van der Waals surface area contributed by atoms with E-state index in [9.17, 15) is 23.7 Å². The molecule has 0 spiro atoms. The summed E-state index contributed by atoms with van der Waals surface area (Å²) in [5.74, 6) is -0.573. The lowest BCUT2D eigenvalue weighted by Crippen LogP contribution is -2.45. The number of nitro benzene ring substituents is 1. The number of pyridine rings is 1. The SMILES string of the molecule is CN1CCCOc2c(cccc2[N+](=O)[O-])-c2cccc(n2)N[C@H]2C[C@@H](C1=O)N(c1ncnc3c1cnn3-c1ccc(F)cc1F)C2. The summed E-state index contributed by atoms with van der Waals surface area (Å²) in [5, 5.41) is 20.1. The molecular formula is C31H27F2N9O4. The zero-order valence-electron chi connectivity index (χ0n) is 24.5.